The first-order valence-electron chi connectivity index (χ1n) is 5.03. The first kappa shape index (κ1) is 12.2. The van der Waals surface area contributed by atoms with Crippen LogP contribution in [0.15, 0.2) is 12.2 Å². The minimum absolute atomic E-state index is 0.137. The maximum atomic E-state index is 10.9. The molecule has 2 nitrogen and oxygen atoms in total. The van der Waals surface area contributed by atoms with Crippen LogP contribution in [-0.4, -0.2) is 12.6 Å². The molecule has 1 atom stereocenters. The van der Waals surface area contributed by atoms with Gasteiger partial charge in [-0.1, -0.05) is 32.4 Å². The first-order valence-corrected chi connectivity index (χ1v) is 5.03. The second-order valence-electron chi connectivity index (χ2n) is 3.20. The highest BCUT2D eigenvalue weighted by molar-refractivity contribution is 5.71. The van der Waals surface area contributed by atoms with E-state index >= 15 is 0 Å². The molecule has 76 valence electrons. The smallest absolute Gasteiger partial charge is 0.309 e. The van der Waals surface area contributed by atoms with Gasteiger partial charge in [-0.05, 0) is 19.3 Å². The van der Waals surface area contributed by atoms with E-state index in [0.29, 0.717) is 18.9 Å². The van der Waals surface area contributed by atoms with E-state index in [9.17, 15) is 4.79 Å². The average molecular weight is 184 g/mol. The van der Waals surface area contributed by atoms with Crippen LogP contribution in [0.3, 0.4) is 0 Å². The Morgan fingerprint density at radius 1 is 1.46 bits per heavy atom. The van der Waals surface area contributed by atoms with Gasteiger partial charge in [-0.25, -0.2) is 0 Å². The fourth-order valence-corrected chi connectivity index (χ4v) is 1.17. The summed E-state index contributed by atoms with van der Waals surface area (Å²) in [7, 11) is 0. The number of allylic oxidation sites excluding steroid dienone is 1. The number of rotatable bonds is 6. The lowest BCUT2D eigenvalue weighted by molar-refractivity contribution is -0.142. The van der Waals surface area contributed by atoms with E-state index < -0.39 is 0 Å². The second kappa shape index (κ2) is 7.84. The molecule has 0 N–H and O–H groups in total. The highest BCUT2D eigenvalue weighted by Crippen LogP contribution is 2.06. The van der Waals surface area contributed by atoms with Gasteiger partial charge in [-0.3, -0.25) is 4.79 Å². The van der Waals surface area contributed by atoms with Gasteiger partial charge >= 0.3 is 5.97 Å². The van der Waals surface area contributed by atoms with Crippen molar-refractivity contribution < 1.29 is 9.53 Å². The van der Waals surface area contributed by atoms with Crippen LogP contribution in [0.5, 0.6) is 0 Å². The van der Waals surface area contributed by atoms with Crippen LogP contribution in [-0.2, 0) is 9.53 Å². The largest absolute Gasteiger partial charge is 0.466 e. The lowest BCUT2D eigenvalue weighted by atomic mass is 10.1. The number of carbonyl (C=O) groups is 1. The summed E-state index contributed by atoms with van der Waals surface area (Å²) in [5.74, 6) is 0.432. The van der Waals surface area contributed by atoms with Crippen molar-refractivity contribution in [3.8, 4) is 0 Å². The lowest BCUT2D eigenvalue weighted by Gasteiger charge is -2.02. The van der Waals surface area contributed by atoms with Crippen molar-refractivity contribution in [2.45, 2.75) is 40.0 Å². The zero-order chi connectivity index (χ0) is 10.1. The van der Waals surface area contributed by atoms with E-state index in [1.807, 2.05) is 13.0 Å². The number of ether oxygens (including phenoxy) is 1. The van der Waals surface area contributed by atoms with Crippen LogP contribution in [0, 0.1) is 5.92 Å². The Hall–Kier alpha value is -0.790. The Morgan fingerprint density at radius 3 is 2.69 bits per heavy atom. The summed E-state index contributed by atoms with van der Waals surface area (Å²) in [6, 6.07) is 0. The summed E-state index contributed by atoms with van der Waals surface area (Å²) in [6.45, 7) is 6.61. The van der Waals surface area contributed by atoms with Gasteiger partial charge in [0.25, 0.3) is 0 Å². The zero-order valence-electron chi connectivity index (χ0n) is 8.88. The van der Waals surface area contributed by atoms with Crippen molar-refractivity contribution in [2.75, 3.05) is 6.61 Å². The minimum atomic E-state index is -0.137. The maximum Gasteiger partial charge on any atom is 0.309 e. The van der Waals surface area contributed by atoms with Gasteiger partial charge in [0.15, 0.2) is 0 Å². The van der Waals surface area contributed by atoms with Crippen LogP contribution in [0.2, 0.25) is 0 Å². The van der Waals surface area contributed by atoms with Crippen molar-refractivity contribution in [1.82, 2.24) is 0 Å². The van der Waals surface area contributed by atoms with Crippen LogP contribution in [0.1, 0.15) is 40.0 Å². The van der Waals surface area contributed by atoms with Crippen molar-refractivity contribution in [2.24, 2.45) is 5.92 Å². The lowest BCUT2D eigenvalue weighted by Crippen LogP contribution is -2.01. The van der Waals surface area contributed by atoms with Gasteiger partial charge in [0.2, 0.25) is 0 Å². The van der Waals surface area contributed by atoms with Crippen molar-refractivity contribution >= 4 is 5.97 Å². The predicted octanol–water partition coefficient (Wildman–Crippen LogP) is 2.93. The van der Waals surface area contributed by atoms with E-state index in [4.69, 9.17) is 4.74 Å². The van der Waals surface area contributed by atoms with E-state index in [0.717, 1.165) is 0 Å². The highest BCUT2D eigenvalue weighted by atomic mass is 16.5. The Bertz CT molecular complexity index is 161. The van der Waals surface area contributed by atoms with Crippen LogP contribution < -0.4 is 0 Å². The van der Waals surface area contributed by atoms with Crippen molar-refractivity contribution in [3.63, 3.8) is 0 Å². The van der Waals surface area contributed by atoms with E-state index in [-0.39, 0.29) is 5.97 Å². The summed E-state index contributed by atoms with van der Waals surface area (Å²) in [6.07, 6.45) is 6.75. The first-order chi connectivity index (χ1) is 6.20. The second-order valence-corrected chi connectivity index (χ2v) is 3.20. The molecule has 0 aliphatic carbocycles. The van der Waals surface area contributed by atoms with Gasteiger partial charge in [0.05, 0.1) is 13.0 Å². The molecule has 13 heavy (non-hydrogen) atoms. The summed E-state index contributed by atoms with van der Waals surface area (Å²) < 4.78 is 4.79. The quantitative estimate of drug-likeness (QED) is 0.468. The summed E-state index contributed by atoms with van der Waals surface area (Å²) in [4.78, 5) is 10.9. The molecule has 0 spiro atoms. The molecule has 0 amide bonds. The molecule has 0 aromatic rings. The third-order valence-corrected chi connectivity index (χ3v) is 1.80. The van der Waals surface area contributed by atoms with Gasteiger partial charge in [0, 0.05) is 0 Å². The zero-order valence-corrected chi connectivity index (χ0v) is 8.88. The third-order valence-electron chi connectivity index (χ3n) is 1.80. The molecule has 2 heteroatoms. The summed E-state index contributed by atoms with van der Waals surface area (Å²) in [5.41, 5.74) is 0. The molecule has 0 heterocycles. The van der Waals surface area contributed by atoms with Crippen LogP contribution in [0.25, 0.3) is 0 Å². The van der Waals surface area contributed by atoms with Crippen LogP contribution in [0.4, 0.5) is 0 Å². The molecule has 0 fully saturated rings. The average Bonchev–Trinajstić information content (AvgIpc) is 2.05. The number of carbonyl (C=O) groups excluding carboxylic acids is 1. The molecular weight excluding hydrogens is 164 g/mol. The van der Waals surface area contributed by atoms with Gasteiger partial charge in [0.1, 0.15) is 0 Å². The van der Waals surface area contributed by atoms with Crippen LogP contribution >= 0.6 is 0 Å². The summed E-state index contributed by atoms with van der Waals surface area (Å²) >= 11 is 0. The number of esters is 1. The van der Waals surface area contributed by atoms with Gasteiger partial charge in [-0.15, -0.1) is 0 Å². The molecule has 0 rings (SSSR count). The van der Waals surface area contributed by atoms with Crippen molar-refractivity contribution in [3.05, 3.63) is 12.2 Å². The molecule has 0 saturated carbocycles. The Morgan fingerprint density at radius 2 is 2.15 bits per heavy atom. The molecule has 0 aromatic carbocycles. The molecule has 0 aliphatic rings. The topological polar surface area (TPSA) is 26.3 Å². The number of hydrogen-bond acceptors (Lipinski definition) is 2. The molecule has 0 aromatic heterocycles. The molecule has 0 bridgehead atoms. The maximum absolute atomic E-state index is 10.9. The fraction of sp³-hybridized carbons (Fsp3) is 0.727. The van der Waals surface area contributed by atoms with Gasteiger partial charge in [-0.2, -0.15) is 0 Å². The van der Waals surface area contributed by atoms with E-state index in [2.05, 4.69) is 19.9 Å². The Labute approximate surface area is 81.0 Å². The highest BCUT2D eigenvalue weighted by Gasteiger charge is 1.98. The SMILES string of the molecule is CCCC(C)C=CCC(=O)OCC. The number of hydrogen-bond donors (Lipinski definition) is 0. The van der Waals surface area contributed by atoms with Gasteiger partial charge < -0.3 is 4.74 Å². The predicted molar refractivity (Wildman–Crippen MR) is 54.5 cm³/mol. The van der Waals surface area contributed by atoms with E-state index in [1.54, 1.807) is 0 Å². The standard InChI is InChI=1S/C11H20O2/c1-4-7-10(3)8-6-9-11(12)13-5-2/h6,8,10H,4-5,7,9H2,1-3H3. The molecular formula is C11H20O2. The minimum Gasteiger partial charge on any atom is -0.466 e. The Kier molecular flexibility index (Phi) is 7.36. The molecule has 0 radical (unpaired) electrons. The van der Waals surface area contributed by atoms with Crippen molar-refractivity contribution in [1.29, 1.82) is 0 Å². The fourth-order valence-electron chi connectivity index (χ4n) is 1.17. The normalized spacial score (nSPS) is 13.2. The molecule has 0 aliphatic heterocycles. The van der Waals surface area contributed by atoms with E-state index in [1.165, 1.54) is 12.8 Å². The Balaban J connectivity index is 3.55. The third kappa shape index (κ3) is 7.57. The summed E-state index contributed by atoms with van der Waals surface area (Å²) in [5, 5.41) is 0. The molecule has 0 saturated heterocycles. The molecule has 1 unspecified atom stereocenters. The monoisotopic (exact) mass is 184 g/mol.